The zero-order valence-corrected chi connectivity index (χ0v) is 8.25. The van der Waals surface area contributed by atoms with Crippen molar-refractivity contribution in [2.75, 3.05) is 19.6 Å². The van der Waals surface area contributed by atoms with Gasteiger partial charge in [0, 0.05) is 25.2 Å². The average Bonchev–Trinajstić information content (AvgIpc) is 2.34. The topological polar surface area (TPSA) is 35.5 Å². The zero-order valence-electron chi connectivity index (χ0n) is 8.25. The monoisotopic (exact) mass is 172 g/mol. The molecule has 1 aliphatic heterocycles. The lowest BCUT2D eigenvalue weighted by molar-refractivity contribution is 0.149. The first-order chi connectivity index (χ1) is 5.65. The molecule has 0 spiro atoms. The van der Waals surface area contributed by atoms with Crippen LogP contribution in [0, 0.1) is 0 Å². The second-order valence-electron chi connectivity index (χ2n) is 3.78. The molecule has 0 aliphatic carbocycles. The summed E-state index contributed by atoms with van der Waals surface area (Å²) < 4.78 is 0. The van der Waals surface area contributed by atoms with Crippen LogP contribution < -0.4 is 5.32 Å². The molecule has 0 aromatic rings. The predicted octanol–water partition coefficient (Wildman–Crippen LogP) is 0.0494. The van der Waals surface area contributed by atoms with Crippen LogP contribution in [-0.2, 0) is 0 Å². The van der Waals surface area contributed by atoms with E-state index in [1.165, 1.54) is 0 Å². The Morgan fingerprint density at radius 1 is 1.50 bits per heavy atom. The molecule has 0 aromatic heterocycles. The molecule has 0 amide bonds. The molecular formula is C9H20N2O. The highest BCUT2D eigenvalue weighted by Gasteiger charge is 2.31. The smallest absolute Gasteiger partial charge is 0.0832 e. The van der Waals surface area contributed by atoms with Crippen LogP contribution in [0.5, 0.6) is 0 Å². The summed E-state index contributed by atoms with van der Waals surface area (Å²) in [5.41, 5.74) is 0. The first-order valence-electron chi connectivity index (χ1n) is 4.80. The number of hydrogen-bond acceptors (Lipinski definition) is 3. The molecule has 1 heterocycles. The molecule has 0 radical (unpaired) electrons. The van der Waals surface area contributed by atoms with Crippen LogP contribution in [0.2, 0.25) is 0 Å². The standard InChI is InChI=1S/C9H20N2O/c1-4-10-8-5-11(7(2)3)6-9(8)12/h7-10,12H,4-6H2,1-3H3. The minimum absolute atomic E-state index is 0.188. The van der Waals surface area contributed by atoms with E-state index in [1.54, 1.807) is 0 Å². The summed E-state index contributed by atoms with van der Waals surface area (Å²) in [7, 11) is 0. The highest BCUT2D eigenvalue weighted by atomic mass is 16.3. The molecule has 0 saturated carbocycles. The Bertz CT molecular complexity index is 138. The highest BCUT2D eigenvalue weighted by Crippen LogP contribution is 2.12. The molecule has 0 aromatic carbocycles. The Morgan fingerprint density at radius 3 is 2.58 bits per heavy atom. The van der Waals surface area contributed by atoms with Crippen molar-refractivity contribution in [2.45, 2.75) is 39.0 Å². The molecular weight excluding hydrogens is 152 g/mol. The van der Waals surface area contributed by atoms with Gasteiger partial charge in [-0.05, 0) is 20.4 Å². The summed E-state index contributed by atoms with van der Waals surface area (Å²) >= 11 is 0. The SMILES string of the molecule is CCNC1CN(C(C)C)CC1O. The highest BCUT2D eigenvalue weighted by molar-refractivity contribution is 4.89. The Kier molecular flexibility index (Phi) is 3.50. The van der Waals surface area contributed by atoms with Crippen molar-refractivity contribution in [3.05, 3.63) is 0 Å². The predicted molar refractivity (Wildman–Crippen MR) is 50.2 cm³/mol. The van der Waals surface area contributed by atoms with E-state index in [4.69, 9.17) is 0 Å². The average molecular weight is 172 g/mol. The summed E-state index contributed by atoms with van der Waals surface area (Å²) in [4.78, 5) is 2.30. The third-order valence-electron chi connectivity index (χ3n) is 2.51. The van der Waals surface area contributed by atoms with Crippen LogP contribution in [0.3, 0.4) is 0 Å². The van der Waals surface area contributed by atoms with E-state index in [0.29, 0.717) is 6.04 Å². The van der Waals surface area contributed by atoms with Crippen molar-refractivity contribution < 1.29 is 5.11 Å². The van der Waals surface area contributed by atoms with Crippen molar-refractivity contribution in [2.24, 2.45) is 0 Å². The van der Waals surface area contributed by atoms with E-state index in [-0.39, 0.29) is 12.1 Å². The summed E-state index contributed by atoms with van der Waals surface area (Å²) in [6.45, 7) is 9.14. The van der Waals surface area contributed by atoms with Gasteiger partial charge in [0.15, 0.2) is 0 Å². The van der Waals surface area contributed by atoms with E-state index in [0.717, 1.165) is 19.6 Å². The number of aliphatic hydroxyl groups excluding tert-OH is 1. The van der Waals surface area contributed by atoms with Crippen molar-refractivity contribution >= 4 is 0 Å². The first-order valence-corrected chi connectivity index (χ1v) is 4.80. The molecule has 3 heteroatoms. The maximum Gasteiger partial charge on any atom is 0.0832 e. The molecule has 1 saturated heterocycles. The number of nitrogens with one attached hydrogen (secondary N) is 1. The summed E-state index contributed by atoms with van der Waals surface area (Å²) in [5.74, 6) is 0. The maximum absolute atomic E-state index is 9.64. The van der Waals surface area contributed by atoms with Crippen LogP contribution in [0.25, 0.3) is 0 Å². The third kappa shape index (κ3) is 2.19. The minimum Gasteiger partial charge on any atom is -0.390 e. The van der Waals surface area contributed by atoms with Crippen LogP contribution in [0.1, 0.15) is 20.8 Å². The molecule has 12 heavy (non-hydrogen) atoms. The van der Waals surface area contributed by atoms with E-state index in [2.05, 4.69) is 31.0 Å². The zero-order chi connectivity index (χ0) is 9.14. The number of likely N-dealkylation sites (tertiary alicyclic amines) is 1. The van der Waals surface area contributed by atoms with Crippen molar-refractivity contribution in [3.8, 4) is 0 Å². The van der Waals surface area contributed by atoms with Gasteiger partial charge in [0.05, 0.1) is 6.10 Å². The van der Waals surface area contributed by atoms with E-state index in [9.17, 15) is 5.11 Å². The van der Waals surface area contributed by atoms with Gasteiger partial charge in [-0.25, -0.2) is 0 Å². The number of rotatable bonds is 3. The Morgan fingerprint density at radius 2 is 2.17 bits per heavy atom. The lowest BCUT2D eigenvalue weighted by atomic mass is 10.2. The molecule has 1 aliphatic rings. The first kappa shape index (κ1) is 9.96. The van der Waals surface area contributed by atoms with Crippen LogP contribution >= 0.6 is 0 Å². The molecule has 1 fully saturated rings. The fraction of sp³-hybridized carbons (Fsp3) is 1.00. The van der Waals surface area contributed by atoms with E-state index < -0.39 is 0 Å². The number of nitrogens with zero attached hydrogens (tertiary/aromatic N) is 1. The molecule has 3 nitrogen and oxygen atoms in total. The molecule has 1 rings (SSSR count). The fourth-order valence-electron chi connectivity index (χ4n) is 1.70. The van der Waals surface area contributed by atoms with Crippen LogP contribution in [0.4, 0.5) is 0 Å². The third-order valence-corrected chi connectivity index (χ3v) is 2.51. The maximum atomic E-state index is 9.64. The largest absolute Gasteiger partial charge is 0.390 e. The second-order valence-corrected chi connectivity index (χ2v) is 3.78. The van der Waals surface area contributed by atoms with Crippen molar-refractivity contribution in [1.29, 1.82) is 0 Å². The van der Waals surface area contributed by atoms with Gasteiger partial charge in [-0.2, -0.15) is 0 Å². The molecule has 0 bridgehead atoms. The van der Waals surface area contributed by atoms with Gasteiger partial charge in [0.1, 0.15) is 0 Å². The van der Waals surface area contributed by atoms with Crippen LogP contribution in [0.15, 0.2) is 0 Å². The van der Waals surface area contributed by atoms with Crippen molar-refractivity contribution in [1.82, 2.24) is 10.2 Å². The van der Waals surface area contributed by atoms with Crippen molar-refractivity contribution in [3.63, 3.8) is 0 Å². The van der Waals surface area contributed by atoms with Gasteiger partial charge >= 0.3 is 0 Å². The quantitative estimate of drug-likeness (QED) is 0.631. The summed E-state index contributed by atoms with van der Waals surface area (Å²) in [6, 6.07) is 0.820. The summed E-state index contributed by atoms with van der Waals surface area (Å²) in [5, 5.41) is 12.9. The van der Waals surface area contributed by atoms with Gasteiger partial charge in [-0.1, -0.05) is 6.92 Å². The number of aliphatic hydroxyl groups is 1. The Hall–Kier alpha value is -0.120. The molecule has 2 atom stereocenters. The minimum atomic E-state index is -0.188. The Balaban J connectivity index is 2.39. The number of likely N-dealkylation sites (N-methyl/N-ethyl adjacent to an activating group) is 1. The van der Waals surface area contributed by atoms with Gasteiger partial charge in [-0.3, -0.25) is 4.90 Å². The van der Waals surface area contributed by atoms with E-state index in [1.807, 2.05) is 0 Å². The fourth-order valence-corrected chi connectivity index (χ4v) is 1.70. The van der Waals surface area contributed by atoms with Crippen LogP contribution in [-0.4, -0.2) is 47.8 Å². The van der Waals surface area contributed by atoms with Gasteiger partial charge in [0.25, 0.3) is 0 Å². The lowest BCUT2D eigenvalue weighted by Crippen LogP contribution is -2.39. The lowest BCUT2D eigenvalue weighted by Gasteiger charge is -2.19. The molecule has 72 valence electrons. The number of β-amino-alcohol motifs (C(OH)–C–C–N with tert-alkyl or cyclic N) is 1. The van der Waals surface area contributed by atoms with Gasteiger partial charge < -0.3 is 10.4 Å². The van der Waals surface area contributed by atoms with Gasteiger partial charge in [0.2, 0.25) is 0 Å². The number of hydrogen-bond donors (Lipinski definition) is 2. The Labute approximate surface area is 74.8 Å². The molecule has 2 unspecified atom stereocenters. The van der Waals surface area contributed by atoms with Gasteiger partial charge in [-0.15, -0.1) is 0 Å². The summed E-state index contributed by atoms with van der Waals surface area (Å²) in [6.07, 6.45) is -0.188. The van der Waals surface area contributed by atoms with E-state index >= 15 is 0 Å². The normalized spacial score (nSPS) is 31.8. The molecule has 2 N–H and O–H groups in total. The second kappa shape index (κ2) is 4.21.